The van der Waals surface area contributed by atoms with E-state index in [9.17, 15) is 14.8 Å². The summed E-state index contributed by atoms with van der Waals surface area (Å²) < 4.78 is 7.10. The molecule has 0 radical (unpaired) electrons. The fraction of sp³-hybridized carbons (Fsp3) is 0.136. The largest absolute Gasteiger partial charge is 0.488 e. The van der Waals surface area contributed by atoms with Crippen molar-refractivity contribution in [2.45, 2.75) is 13.5 Å². The molecule has 0 bridgehead atoms. The molecule has 0 atom stereocenters. The van der Waals surface area contributed by atoms with Crippen molar-refractivity contribution in [3.05, 3.63) is 71.5 Å². The normalized spacial score (nSPS) is 10.9. The van der Waals surface area contributed by atoms with Gasteiger partial charge in [0, 0.05) is 24.4 Å². The van der Waals surface area contributed by atoms with E-state index in [-0.39, 0.29) is 0 Å². The Kier molecular flexibility index (Phi) is 5.80. The lowest BCUT2D eigenvalue weighted by Crippen LogP contribution is -2.30. The second-order valence-electron chi connectivity index (χ2n) is 7.31. The molecule has 0 spiro atoms. The fourth-order valence-corrected chi connectivity index (χ4v) is 3.60. The lowest BCUT2D eigenvalue weighted by Gasteiger charge is -2.11. The van der Waals surface area contributed by atoms with Gasteiger partial charge in [-0.25, -0.2) is 4.98 Å². The van der Waals surface area contributed by atoms with Crippen LogP contribution in [0.25, 0.3) is 16.9 Å². The predicted octanol–water partition coefficient (Wildman–Crippen LogP) is 1.10. The molecule has 0 unspecified atom stereocenters. The Bertz CT molecular complexity index is 1300. The number of aryl methyl sites for hydroxylation is 1. The van der Waals surface area contributed by atoms with Crippen molar-refractivity contribution in [3.63, 3.8) is 0 Å². The highest BCUT2D eigenvalue weighted by atomic mass is 16.5. The number of carbonyl (C=O) groups is 1. The molecule has 1 aromatic carbocycles. The van der Waals surface area contributed by atoms with Crippen molar-refractivity contribution in [2.75, 3.05) is 12.4 Å². The number of rotatable bonds is 7. The van der Waals surface area contributed by atoms with E-state index in [2.05, 4.69) is 15.3 Å². The second kappa shape index (κ2) is 8.70. The molecular weight excluding hydrogens is 409 g/mol. The number of hydrogen-bond acceptors (Lipinski definition) is 7. The Balaban J connectivity index is 1.72. The lowest BCUT2D eigenvalue weighted by atomic mass is 9.80. The summed E-state index contributed by atoms with van der Waals surface area (Å²) >= 11 is 0. The number of aromatic nitrogens is 3. The Morgan fingerprint density at radius 3 is 2.69 bits per heavy atom. The minimum absolute atomic E-state index is 0.365. The van der Waals surface area contributed by atoms with E-state index in [0.29, 0.717) is 35.2 Å². The zero-order valence-corrected chi connectivity index (χ0v) is 17.6. The smallest absolute Gasteiger partial charge is 0.481 e. The van der Waals surface area contributed by atoms with Gasteiger partial charge in [-0.15, -0.1) is 0 Å². The molecule has 3 aromatic heterocycles. The number of carbonyl (C=O) groups excluding carboxylic acids is 1. The van der Waals surface area contributed by atoms with Crippen molar-refractivity contribution in [3.8, 4) is 17.3 Å². The van der Waals surface area contributed by atoms with Crippen LogP contribution in [0.3, 0.4) is 0 Å². The molecule has 0 aliphatic carbocycles. The topological polar surface area (TPSA) is 135 Å². The number of anilines is 1. The van der Waals surface area contributed by atoms with E-state index in [1.165, 1.54) is 7.11 Å². The second-order valence-corrected chi connectivity index (χ2v) is 7.31. The summed E-state index contributed by atoms with van der Waals surface area (Å²) in [6.45, 7) is 2.32. The minimum Gasteiger partial charge on any atom is -0.481 e. The molecule has 5 N–H and O–H groups in total. The average molecular weight is 431 g/mol. The molecule has 4 rings (SSSR count). The monoisotopic (exact) mass is 431 g/mol. The fourth-order valence-electron chi connectivity index (χ4n) is 3.60. The molecule has 0 fully saturated rings. The van der Waals surface area contributed by atoms with Crippen LogP contribution >= 0.6 is 0 Å². The van der Waals surface area contributed by atoms with Gasteiger partial charge in [0.2, 0.25) is 5.88 Å². The number of pyridine rings is 1. The number of ether oxygens (including phenoxy) is 1. The third-order valence-electron chi connectivity index (χ3n) is 5.11. The summed E-state index contributed by atoms with van der Waals surface area (Å²) in [6.07, 6.45) is 1.83. The maximum absolute atomic E-state index is 11.8. The molecule has 1 amide bonds. The van der Waals surface area contributed by atoms with Gasteiger partial charge in [-0.05, 0) is 35.6 Å². The van der Waals surface area contributed by atoms with E-state index >= 15 is 0 Å². The molecule has 162 valence electrons. The van der Waals surface area contributed by atoms with Crippen LogP contribution < -0.4 is 21.3 Å². The van der Waals surface area contributed by atoms with Crippen LogP contribution in [0.2, 0.25) is 0 Å². The predicted molar refractivity (Wildman–Crippen MR) is 122 cm³/mol. The van der Waals surface area contributed by atoms with Crippen molar-refractivity contribution in [1.82, 2.24) is 14.4 Å². The van der Waals surface area contributed by atoms with Gasteiger partial charge >= 0.3 is 7.12 Å². The van der Waals surface area contributed by atoms with Gasteiger partial charge in [0.1, 0.15) is 11.5 Å². The standard InChI is InChI=1S/C22H22BN5O4/c1-13-12-28-16(7-4-8-17(28)21(24)29)20(13)22-26-18(10-19(27-22)32-2)25-11-14-5-3-6-15(9-14)23(30)31/h3-10,12,30-31H,11H2,1-2H3,(H2,24,29)(H,25,26,27). The first-order valence-corrected chi connectivity index (χ1v) is 9.90. The van der Waals surface area contributed by atoms with Gasteiger partial charge in [0.05, 0.1) is 12.6 Å². The molecule has 9 nitrogen and oxygen atoms in total. The third kappa shape index (κ3) is 4.14. The summed E-state index contributed by atoms with van der Waals surface area (Å²) in [4.78, 5) is 21.0. The lowest BCUT2D eigenvalue weighted by molar-refractivity contribution is 0.0994. The van der Waals surface area contributed by atoms with Crippen LogP contribution in [0.15, 0.2) is 54.7 Å². The van der Waals surface area contributed by atoms with Crippen LogP contribution in [0.1, 0.15) is 21.6 Å². The number of fused-ring (bicyclic) bond motifs is 1. The first kappa shape index (κ1) is 21.4. The van der Waals surface area contributed by atoms with Crippen LogP contribution in [-0.4, -0.2) is 44.6 Å². The Labute approximate surface area is 184 Å². The number of primary amides is 1. The number of benzene rings is 1. The van der Waals surface area contributed by atoms with E-state index < -0.39 is 13.0 Å². The Morgan fingerprint density at radius 2 is 1.97 bits per heavy atom. The van der Waals surface area contributed by atoms with Gasteiger partial charge in [0.15, 0.2) is 5.82 Å². The first-order chi connectivity index (χ1) is 15.4. The Morgan fingerprint density at radius 1 is 1.19 bits per heavy atom. The summed E-state index contributed by atoms with van der Waals surface area (Å²) in [5, 5.41) is 22.0. The highest BCUT2D eigenvalue weighted by Gasteiger charge is 2.18. The first-order valence-electron chi connectivity index (χ1n) is 9.90. The molecule has 10 heteroatoms. The highest BCUT2D eigenvalue weighted by Crippen LogP contribution is 2.30. The van der Waals surface area contributed by atoms with Gasteiger partial charge in [-0.1, -0.05) is 30.3 Å². The van der Waals surface area contributed by atoms with Crippen molar-refractivity contribution >= 4 is 29.8 Å². The van der Waals surface area contributed by atoms with E-state index in [1.54, 1.807) is 40.8 Å². The zero-order valence-electron chi connectivity index (χ0n) is 17.6. The van der Waals surface area contributed by atoms with E-state index in [1.807, 2.05) is 25.3 Å². The van der Waals surface area contributed by atoms with Crippen LogP contribution in [0, 0.1) is 6.92 Å². The summed E-state index contributed by atoms with van der Waals surface area (Å²) in [5.74, 6) is 0.822. The van der Waals surface area contributed by atoms with E-state index in [4.69, 9.17) is 10.5 Å². The zero-order chi connectivity index (χ0) is 22.8. The third-order valence-corrected chi connectivity index (χ3v) is 5.11. The number of nitrogens with one attached hydrogen (secondary N) is 1. The van der Waals surface area contributed by atoms with Crippen LogP contribution in [0.4, 0.5) is 5.82 Å². The number of nitrogens with zero attached hydrogens (tertiary/aromatic N) is 3. The number of amides is 1. The number of nitrogens with two attached hydrogens (primary N) is 1. The van der Waals surface area contributed by atoms with Crippen LogP contribution in [-0.2, 0) is 6.54 Å². The van der Waals surface area contributed by atoms with Crippen molar-refractivity contribution in [1.29, 1.82) is 0 Å². The van der Waals surface area contributed by atoms with Gasteiger partial charge < -0.3 is 30.2 Å². The molecular formula is C22H22BN5O4. The quantitative estimate of drug-likeness (QED) is 0.322. The average Bonchev–Trinajstić information content (AvgIpc) is 3.13. The van der Waals surface area contributed by atoms with Crippen molar-refractivity contribution < 1.29 is 19.6 Å². The molecule has 0 aliphatic rings. The number of hydrogen-bond donors (Lipinski definition) is 4. The van der Waals surface area contributed by atoms with E-state index in [0.717, 1.165) is 22.2 Å². The molecule has 4 aromatic rings. The van der Waals surface area contributed by atoms with Gasteiger partial charge in [-0.3, -0.25) is 4.79 Å². The summed E-state index contributed by atoms with van der Waals surface area (Å²) in [5.41, 5.74) is 9.54. The maximum atomic E-state index is 11.8. The maximum Gasteiger partial charge on any atom is 0.488 e. The molecule has 3 heterocycles. The van der Waals surface area contributed by atoms with Gasteiger partial charge in [-0.2, -0.15) is 4.98 Å². The van der Waals surface area contributed by atoms with Crippen LogP contribution in [0.5, 0.6) is 5.88 Å². The summed E-state index contributed by atoms with van der Waals surface area (Å²) in [7, 11) is -0.00478. The molecule has 0 aliphatic heterocycles. The Hall–Kier alpha value is -3.89. The SMILES string of the molecule is COc1cc(NCc2cccc(B(O)O)c2)nc(-c2c(C)cn3c(C(N)=O)cccc23)n1. The molecule has 32 heavy (non-hydrogen) atoms. The highest BCUT2D eigenvalue weighted by molar-refractivity contribution is 6.58. The molecule has 0 saturated heterocycles. The van der Waals surface area contributed by atoms with Gasteiger partial charge in [0.25, 0.3) is 5.91 Å². The summed E-state index contributed by atoms with van der Waals surface area (Å²) in [6, 6.07) is 13.9. The van der Waals surface area contributed by atoms with Crippen molar-refractivity contribution in [2.24, 2.45) is 5.73 Å². The number of methoxy groups -OCH3 is 1. The molecule has 0 saturated carbocycles. The minimum atomic E-state index is -1.53.